The molecular formula is C13H17NO2. The van der Waals surface area contributed by atoms with Crippen molar-refractivity contribution in [2.75, 3.05) is 7.05 Å². The highest BCUT2D eigenvalue weighted by atomic mass is 16.3. The Balaban J connectivity index is 2.71. The van der Waals surface area contributed by atoms with Crippen molar-refractivity contribution in [3.8, 4) is 0 Å². The van der Waals surface area contributed by atoms with Crippen LogP contribution in [0.1, 0.15) is 36.7 Å². The molecule has 3 heteroatoms. The van der Waals surface area contributed by atoms with Gasteiger partial charge in [0.2, 0.25) is 0 Å². The summed E-state index contributed by atoms with van der Waals surface area (Å²) in [5, 5.41) is 10.8. The molecule has 0 spiro atoms. The minimum atomic E-state index is -1.22. The van der Waals surface area contributed by atoms with Crippen LogP contribution in [0, 0.1) is 5.41 Å². The number of carbonyl (C=O) groups excluding carboxylic acids is 1. The average Bonchev–Trinajstić information content (AvgIpc) is 2.42. The Hall–Kier alpha value is -1.35. The molecule has 3 nitrogen and oxygen atoms in total. The molecule has 1 amide bonds. The van der Waals surface area contributed by atoms with Crippen LogP contribution in [0.2, 0.25) is 0 Å². The largest absolute Gasteiger partial charge is 0.366 e. The van der Waals surface area contributed by atoms with Gasteiger partial charge in [-0.1, -0.05) is 39.0 Å². The Morgan fingerprint density at radius 3 is 2.38 bits per heavy atom. The summed E-state index contributed by atoms with van der Waals surface area (Å²) < 4.78 is 0. The van der Waals surface area contributed by atoms with Gasteiger partial charge in [-0.3, -0.25) is 4.79 Å². The number of amides is 1. The molecule has 1 heterocycles. The Kier molecular flexibility index (Phi) is 2.14. The molecule has 86 valence electrons. The zero-order valence-corrected chi connectivity index (χ0v) is 10.1. The van der Waals surface area contributed by atoms with Gasteiger partial charge in [0.1, 0.15) is 0 Å². The smallest absolute Gasteiger partial charge is 0.256 e. The standard InChI is InChI=1S/C13H17NO2/c1-12(2,3)13(16)10-8-6-5-7-9(10)11(15)14(13)4/h5-8,16H,1-4H3. The van der Waals surface area contributed by atoms with Crippen LogP contribution < -0.4 is 0 Å². The highest BCUT2D eigenvalue weighted by molar-refractivity contribution is 5.99. The summed E-state index contributed by atoms with van der Waals surface area (Å²) in [6.45, 7) is 5.79. The van der Waals surface area contributed by atoms with E-state index in [1.165, 1.54) is 4.90 Å². The van der Waals surface area contributed by atoms with Crippen molar-refractivity contribution in [1.29, 1.82) is 0 Å². The van der Waals surface area contributed by atoms with E-state index in [0.29, 0.717) is 11.1 Å². The molecule has 0 bridgehead atoms. The third-order valence-electron chi connectivity index (χ3n) is 3.37. The minimum Gasteiger partial charge on any atom is -0.366 e. The van der Waals surface area contributed by atoms with Crippen molar-refractivity contribution in [1.82, 2.24) is 4.90 Å². The Bertz CT molecular complexity index is 447. The van der Waals surface area contributed by atoms with Gasteiger partial charge >= 0.3 is 0 Å². The molecule has 2 rings (SSSR count). The van der Waals surface area contributed by atoms with Crippen LogP contribution in [0.15, 0.2) is 24.3 Å². The summed E-state index contributed by atoms with van der Waals surface area (Å²) in [5.74, 6) is -0.118. The van der Waals surface area contributed by atoms with Crippen LogP contribution in [0.4, 0.5) is 0 Å². The first-order valence-corrected chi connectivity index (χ1v) is 5.40. The van der Waals surface area contributed by atoms with E-state index in [4.69, 9.17) is 0 Å². The Morgan fingerprint density at radius 2 is 1.81 bits per heavy atom. The highest BCUT2D eigenvalue weighted by Crippen LogP contribution is 2.47. The topological polar surface area (TPSA) is 40.5 Å². The molecule has 1 N–H and O–H groups in total. The van der Waals surface area contributed by atoms with E-state index in [2.05, 4.69) is 0 Å². The third kappa shape index (κ3) is 1.15. The third-order valence-corrected chi connectivity index (χ3v) is 3.37. The number of hydrogen-bond acceptors (Lipinski definition) is 2. The molecule has 0 aliphatic carbocycles. The summed E-state index contributed by atoms with van der Waals surface area (Å²) in [7, 11) is 1.65. The SMILES string of the molecule is CN1C(=O)c2ccccc2C1(O)C(C)(C)C. The molecule has 1 aliphatic rings. The molecule has 1 aromatic carbocycles. The molecule has 16 heavy (non-hydrogen) atoms. The van der Waals surface area contributed by atoms with Crippen molar-refractivity contribution >= 4 is 5.91 Å². The van der Waals surface area contributed by atoms with Gasteiger partial charge in [0, 0.05) is 23.6 Å². The van der Waals surface area contributed by atoms with Crippen molar-refractivity contribution in [3.05, 3.63) is 35.4 Å². The first-order chi connectivity index (χ1) is 7.30. The van der Waals surface area contributed by atoms with Crippen LogP contribution in [0.3, 0.4) is 0 Å². The van der Waals surface area contributed by atoms with Gasteiger partial charge in [-0.25, -0.2) is 0 Å². The number of rotatable bonds is 0. The van der Waals surface area contributed by atoms with Crippen LogP contribution in [-0.4, -0.2) is 23.0 Å². The monoisotopic (exact) mass is 219 g/mol. The minimum absolute atomic E-state index is 0.118. The summed E-state index contributed by atoms with van der Waals surface area (Å²) in [6.07, 6.45) is 0. The maximum Gasteiger partial charge on any atom is 0.256 e. The first kappa shape index (κ1) is 11.1. The first-order valence-electron chi connectivity index (χ1n) is 5.40. The summed E-state index contributed by atoms with van der Waals surface area (Å²) >= 11 is 0. The normalized spacial score (nSPS) is 24.8. The van der Waals surface area contributed by atoms with E-state index >= 15 is 0 Å². The van der Waals surface area contributed by atoms with E-state index in [0.717, 1.165) is 0 Å². The predicted octanol–water partition coefficient (Wildman–Crippen LogP) is 1.96. The number of benzene rings is 1. The average molecular weight is 219 g/mol. The summed E-state index contributed by atoms with van der Waals surface area (Å²) in [5.41, 5.74) is -0.345. The molecule has 0 saturated carbocycles. The Morgan fingerprint density at radius 1 is 1.25 bits per heavy atom. The Labute approximate surface area is 95.7 Å². The fourth-order valence-electron chi connectivity index (χ4n) is 2.39. The predicted molar refractivity (Wildman–Crippen MR) is 61.9 cm³/mol. The van der Waals surface area contributed by atoms with E-state index in [1.807, 2.05) is 39.0 Å². The van der Waals surface area contributed by atoms with Gasteiger partial charge < -0.3 is 10.0 Å². The van der Waals surface area contributed by atoms with Gasteiger partial charge in [-0.2, -0.15) is 0 Å². The lowest BCUT2D eigenvalue weighted by atomic mass is 9.78. The van der Waals surface area contributed by atoms with Crippen LogP contribution in [0.5, 0.6) is 0 Å². The van der Waals surface area contributed by atoms with E-state index in [1.54, 1.807) is 13.1 Å². The number of carbonyl (C=O) groups is 1. The molecule has 1 aliphatic heterocycles. The lowest BCUT2D eigenvalue weighted by molar-refractivity contribution is -0.150. The van der Waals surface area contributed by atoms with E-state index in [9.17, 15) is 9.90 Å². The number of fused-ring (bicyclic) bond motifs is 1. The zero-order chi connectivity index (χ0) is 12.1. The van der Waals surface area contributed by atoms with Crippen LogP contribution in [-0.2, 0) is 5.72 Å². The van der Waals surface area contributed by atoms with Gasteiger partial charge in [0.25, 0.3) is 5.91 Å². The lowest BCUT2D eigenvalue weighted by Gasteiger charge is -2.42. The van der Waals surface area contributed by atoms with Crippen molar-refractivity contribution < 1.29 is 9.90 Å². The number of hydrogen-bond donors (Lipinski definition) is 1. The van der Waals surface area contributed by atoms with E-state index < -0.39 is 11.1 Å². The number of nitrogens with zero attached hydrogens (tertiary/aromatic N) is 1. The fraction of sp³-hybridized carbons (Fsp3) is 0.462. The maximum absolute atomic E-state index is 12.0. The molecule has 0 fully saturated rings. The summed E-state index contributed by atoms with van der Waals surface area (Å²) in [6, 6.07) is 7.25. The van der Waals surface area contributed by atoms with Crippen molar-refractivity contribution in [2.24, 2.45) is 5.41 Å². The quantitative estimate of drug-likeness (QED) is 0.724. The molecule has 0 saturated heterocycles. The second-order valence-electron chi connectivity index (χ2n) is 5.33. The second kappa shape index (κ2) is 3.08. The molecular weight excluding hydrogens is 202 g/mol. The maximum atomic E-state index is 12.0. The lowest BCUT2D eigenvalue weighted by Crippen LogP contribution is -2.50. The molecule has 0 radical (unpaired) electrons. The summed E-state index contributed by atoms with van der Waals surface area (Å²) in [4.78, 5) is 13.5. The van der Waals surface area contributed by atoms with Crippen molar-refractivity contribution in [3.63, 3.8) is 0 Å². The fourth-order valence-corrected chi connectivity index (χ4v) is 2.39. The van der Waals surface area contributed by atoms with Gasteiger partial charge in [-0.05, 0) is 6.07 Å². The van der Waals surface area contributed by atoms with Gasteiger partial charge in [0.15, 0.2) is 5.72 Å². The van der Waals surface area contributed by atoms with Crippen LogP contribution >= 0.6 is 0 Å². The van der Waals surface area contributed by atoms with E-state index in [-0.39, 0.29) is 5.91 Å². The molecule has 1 unspecified atom stereocenters. The zero-order valence-electron chi connectivity index (χ0n) is 10.1. The molecule has 1 aromatic rings. The highest BCUT2D eigenvalue weighted by Gasteiger charge is 2.53. The number of aliphatic hydroxyl groups is 1. The van der Waals surface area contributed by atoms with Crippen molar-refractivity contribution in [2.45, 2.75) is 26.5 Å². The second-order valence-corrected chi connectivity index (χ2v) is 5.33. The molecule has 0 aromatic heterocycles. The van der Waals surface area contributed by atoms with Crippen LogP contribution in [0.25, 0.3) is 0 Å². The molecule has 1 atom stereocenters. The van der Waals surface area contributed by atoms with Gasteiger partial charge in [0.05, 0.1) is 0 Å². The van der Waals surface area contributed by atoms with Gasteiger partial charge in [-0.15, -0.1) is 0 Å².